The maximum atomic E-state index is 14.8. The molecule has 1 aromatic carbocycles. The van der Waals surface area contributed by atoms with E-state index in [1.807, 2.05) is 6.08 Å². The lowest BCUT2D eigenvalue weighted by Crippen LogP contribution is -2.26. The van der Waals surface area contributed by atoms with Gasteiger partial charge in [0.15, 0.2) is 0 Å². The van der Waals surface area contributed by atoms with E-state index in [1.165, 1.54) is 22.8 Å². The van der Waals surface area contributed by atoms with Crippen molar-refractivity contribution in [3.8, 4) is 0 Å². The first-order chi connectivity index (χ1) is 15.4. The highest BCUT2D eigenvalue weighted by atomic mass is 32.2. The number of alkyl carbamates (subject to hydrolysis) is 1. The van der Waals surface area contributed by atoms with Gasteiger partial charge in [0.05, 0.1) is 38.6 Å². The molecule has 2 aromatic rings. The average molecular weight is 463 g/mol. The molecule has 0 saturated carbocycles. The van der Waals surface area contributed by atoms with Crippen LogP contribution in [0, 0.1) is 5.82 Å². The molecule has 2 amide bonds. The van der Waals surface area contributed by atoms with Crippen molar-refractivity contribution < 1.29 is 28.0 Å². The van der Waals surface area contributed by atoms with Gasteiger partial charge in [-0.15, -0.1) is 5.10 Å². The third kappa shape index (κ3) is 5.02. The summed E-state index contributed by atoms with van der Waals surface area (Å²) in [5.41, 5.74) is 2.22. The molecule has 0 unspecified atom stereocenters. The molecule has 2 atom stereocenters. The molecule has 1 N–H and O–H groups in total. The van der Waals surface area contributed by atoms with Gasteiger partial charge in [0.25, 0.3) is 0 Å². The number of allylic oxidation sites excluding steroid dienone is 1. The lowest BCUT2D eigenvalue weighted by atomic mass is 10.0. The molecular formula is C20H22FN5O5S. The SMILES string of the molecule is COC(=O)NCc1cn(C[C@H]2CN(c3ccc(C4=CC[S@+]([O-])CC4)c(F)c3)C(=O)O2)nn1. The van der Waals surface area contributed by atoms with E-state index in [0.29, 0.717) is 34.9 Å². The fourth-order valence-corrected chi connectivity index (χ4v) is 4.56. The number of cyclic esters (lactones) is 1. The van der Waals surface area contributed by atoms with Gasteiger partial charge in [-0.1, -0.05) is 5.21 Å². The second-order valence-corrected chi connectivity index (χ2v) is 8.97. The van der Waals surface area contributed by atoms with Gasteiger partial charge < -0.3 is 19.3 Å². The number of hydrogen-bond acceptors (Lipinski definition) is 7. The summed E-state index contributed by atoms with van der Waals surface area (Å²) < 4.78 is 37.7. The number of benzene rings is 1. The van der Waals surface area contributed by atoms with Crippen LogP contribution >= 0.6 is 0 Å². The van der Waals surface area contributed by atoms with E-state index in [4.69, 9.17) is 4.74 Å². The van der Waals surface area contributed by atoms with Gasteiger partial charge in [0, 0.05) is 12.0 Å². The minimum atomic E-state index is -0.880. The first-order valence-corrected chi connectivity index (χ1v) is 11.4. The third-order valence-corrected chi connectivity index (χ3v) is 6.37. The highest BCUT2D eigenvalue weighted by Crippen LogP contribution is 2.30. The number of nitrogens with zero attached hydrogens (tertiary/aromatic N) is 4. The molecule has 170 valence electrons. The van der Waals surface area contributed by atoms with Crippen LogP contribution in [0.3, 0.4) is 0 Å². The van der Waals surface area contributed by atoms with E-state index in [9.17, 15) is 18.5 Å². The fourth-order valence-electron chi connectivity index (χ4n) is 3.56. The van der Waals surface area contributed by atoms with Crippen LogP contribution in [-0.2, 0) is 33.7 Å². The number of methoxy groups -OCH3 is 1. The number of nitrogens with one attached hydrogen (secondary N) is 1. The quantitative estimate of drug-likeness (QED) is 0.649. The summed E-state index contributed by atoms with van der Waals surface area (Å²) in [4.78, 5) is 24.9. The van der Waals surface area contributed by atoms with E-state index in [1.54, 1.807) is 18.3 Å². The van der Waals surface area contributed by atoms with Gasteiger partial charge >= 0.3 is 12.2 Å². The van der Waals surface area contributed by atoms with Crippen LogP contribution in [-0.4, -0.2) is 63.0 Å². The Morgan fingerprint density at radius 3 is 3.03 bits per heavy atom. The number of halogens is 1. The summed E-state index contributed by atoms with van der Waals surface area (Å²) in [7, 11) is 1.27. The average Bonchev–Trinajstić information content (AvgIpc) is 3.38. The zero-order chi connectivity index (χ0) is 22.7. The van der Waals surface area contributed by atoms with Crippen molar-refractivity contribution in [2.45, 2.75) is 25.6 Å². The van der Waals surface area contributed by atoms with Crippen LogP contribution < -0.4 is 10.2 Å². The van der Waals surface area contributed by atoms with Crippen molar-refractivity contribution in [3.63, 3.8) is 0 Å². The molecule has 1 fully saturated rings. The van der Waals surface area contributed by atoms with Crippen molar-refractivity contribution >= 4 is 34.6 Å². The van der Waals surface area contributed by atoms with Crippen molar-refractivity contribution in [2.24, 2.45) is 0 Å². The van der Waals surface area contributed by atoms with Crippen LogP contribution in [0.1, 0.15) is 17.7 Å². The zero-order valence-corrected chi connectivity index (χ0v) is 18.1. The van der Waals surface area contributed by atoms with E-state index in [-0.39, 0.29) is 19.6 Å². The Bertz CT molecular complexity index is 1050. The Morgan fingerprint density at radius 1 is 1.47 bits per heavy atom. The highest BCUT2D eigenvalue weighted by Gasteiger charge is 2.33. The first kappa shape index (κ1) is 22.1. The summed E-state index contributed by atoms with van der Waals surface area (Å²) in [6, 6.07) is 4.64. The molecule has 1 aromatic heterocycles. The predicted molar refractivity (Wildman–Crippen MR) is 114 cm³/mol. The van der Waals surface area contributed by atoms with Crippen LogP contribution in [0.2, 0.25) is 0 Å². The molecule has 4 rings (SSSR count). The Hall–Kier alpha value is -3.12. The monoisotopic (exact) mass is 463 g/mol. The van der Waals surface area contributed by atoms with Gasteiger partial charge in [0.1, 0.15) is 29.1 Å². The predicted octanol–water partition coefficient (Wildman–Crippen LogP) is 1.83. The molecule has 32 heavy (non-hydrogen) atoms. The Kier molecular flexibility index (Phi) is 6.61. The fraction of sp³-hybridized carbons (Fsp3) is 0.400. The molecule has 0 aliphatic carbocycles. The molecule has 3 heterocycles. The van der Waals surface area contributed by atoms with E-state index >= 15 is 0 Å². The number of carbonyl (C=O) groups is 2. The Labute approximate surface area is 186 Å². The molecule has 1 saturated heterocycles. The number of aromatic nitrogens is 3. The Morgan fingerprint density at radius 2 is 2.31 bits per heavy atom. The highest BCUT2D eigenvalue weighted by molar-refractivity contribution is 7.91. The lowest BCUT2D eigenvalue weighted by molar-refractivity contribution is 0.129. The summed E-state index contributed by atoms with van der Waals surface area (Å²) in [5, 5.41) is 10.4. The van der Waals surface area contributed by atoms with E-state index in [0.717, 1.165) is 5.57 Å². The molecule has 0 bridgehead atoms. The van der Waals surface area contributed by atoms with Crippen LogP contribution in [0.15, 0.2) is 30.5 Å². The van der Waals surface area contributed by atoms with Crippen molar-refractivity contribution in [2.75, 3.05) is 30.1 Å². The summed E-state index contributed by atoms with van der Waals surface area (Å²) in [6.07, 6.45) is 2.36. The molecular weight excluding hydrogens is 441 g/mol. The Balaban J connectivity index is 1.38. The van der Waals surface area contributed by atoms with Gasteiger partial charge in [0.2, 0.25) is 0 Å². The molecule has 0 radical (unpaired) electrons. The number of hydrogen-bond donors (Lipinski definition) is 1. The third-order valence-electron chi connectivity index (χ3n) is 5.18. The topological polar surface area (TPSA) is 122 Å². The lowest BCUT2D eigenvalue weighted by Gasteiger charge is -2.19. The van der Waals surface area contributed by atoms with Crippen molar-refractivity contribution in [1.29, 1.82) is 0 Å². The van der Waals surface area contributed by atoms with E-state index in [2.05, 4.69) is 20.4 Å². The maximum absolute atomic E-state index is 14.8. The normalized spacial score (nSPS) is 20.7. The number of anilines is 1. The summed E-state index contributed by atoms with van der Waals surface area (Å²) in [5.74, 6) is 0.520. The van der Waals surface area contributed by atoms with Gasteiger partial charge in [-0.3, -0.25) is 4.90 Å². The van der Waals surface area contributed by atoms with Crippen molar-refractivity contribution in [1.82, 2.24) is 20.3 Å². The number of ether oxygens (including phenoxy) is 2. The number of carbonyl (C=O) groups excluding carboxylic acids is 2. The van der Waals surface area contributed by atoms with Crippen LogP contribution in [0.5, 0.6) is 0 Å². The molecule has 10 nitrogen and oxygen atoms in total. The standard InChI is InChI=1S/C20H22FN5O5S/c1-30-19(27)22-9-14-10-25(24-23-14)11-16-12-26(20(28)31-16)15-2-3-17(18(21)8-15)13-4-6-32(29)7-5-13/h2-4,8,10,16H,5-7,9,11-12H2,1H3,(H,22,27)/t16-,32-/m0/s1. The van der Waals surface area contributed by atoms with Crippen LogP contribution in [0.25, 0.3) is 5.57 Å². The maximum Gasteiger partial charge on any atom is 0.414 e. The smallest absolute Gasteiger partial charge is 0.414 e. The first-order valence-electron chi connectivity index (χ1n) is 9.96. The van der Waals surface area contributed by atoms with Gasteiger partial charge in [-0.2, -0.15) is 0 Å². The number of amides is 2. The molecule has 12 heteroatoms. The van der Waals surface area contributed by atoms with Crippen molar-refractivity contribution in [3.05, 3.63) is 47.5 Å². The number of rotatable bonds is 6. The minimum Gasteiger partial charge on any atom is -0.616 e. The van der Waals surface area contributed by atoms with Gasteiger partial charge in [-0.25, -0.2) is 18.7 Å². The van der Waals surface area contributed by atoms with E-state index < -0.39 is 35.3 Å². The molecule has 2 aliphatic rings. The molecule has 2 aliphatic heterocycles. The van der Waals surface area contributed by atoms with Crippen LogP contribution in [0.4, 0.5) is 19.7 Å². The zero-order valence-electron chi connectivity index (χ0n) is 17.3. The van der Waals surface area contributed by atoms with Gasteiger partial charge in [-0.05, 0) is 41.0 Å². The summed E-state index contributed by atoms with van der Waals surface area (Å²) in [6.45, 7) is 0.647. The molecule has 0 spiro atoms. The minimum absolute atomic E-state index is 0.154. The second kappa shape index (κ2) is 9.57. The largest absolute Gasteiger partial charge is 0.616 e. The summed E-state index contributed by atoms with van der Waals surface area (Å²) >= 11 is -0.880. The second-order valence-electron chi connectivity index (χ2n) is 7.35.